The zero-order chi connectivity index (χ0) is 16.7. The maximum absolute atomic E-state index is 11.6. The van der Waals surface area contributed by atoms with E-state index in [9.17, 15) is 4.79 Å². The maximum atomic E-state index is 11.6. The molecule has 6 heteroatoms. The highest BCUT2D eigenvalue weighted by molar-refractivity contribution is 5.92. The zero-order valence-corrected chi connectivity index (χ0v) is 15.6. The molecule has 2 bridgehead atoms. The number of ether oxygens (including phenoxy) is 1. The van der Waals surface area contributed by atoms with Crippen molar-refractivity contribution in [3.8, 4) is 0 Å². The van der Waals surface area contributed by atoms with E-state index < -0.39 is 5.91 Å². The first-order valence-electron chi connectivity index (χ1n) is 9.16. The number of amides is 1. The summed E-state index contributed by atoms with van der Waals surface area (Å²) >= 11 is 0. The first-order valence-corrected chi connectivity index (χ1v) is 9.16. The average molecular weight is 366 g/mol. The predicted octanol–water partition coefficient (Wildman–Crippen LogP) is 2.59. The average Bonchev–Trinajstić information content (AvgIpc) is 3.38. The molecule has 1 saturated heterocycles. The van der Waals surface area contributed by atoms with Gasteiger partial charge in [-0.15, -0.1) is 12.4 Å². The van der Waals surface area contributed by atoms with Crippen LogP contribution in [0.5, 0.6) is 0 Å². The van der Waals surface area contributed by atoms with Crippen molar-refractivity contribution in [3.63, 3.8) is 0 Å². The quantitative estimate of drug-likeness (QED) is 0.870. The molecule has 2 N–H and O–H groups in total. The van der Waals surface area contributed by atoms with Gasteiger partial charge < -0.3 is 15.4 Å². The summed E-state index contributed by atoms with van der Waals surface area (Å²) in [5.41, 5.74) is 6.65. The summed E-state index contributed by atoms with van der Waals surface area (Å²) in [6, 6.07) is 1.90. The van der Waals surface area contributed by atoms with Crippen LogP contribution in [0.15, 0.2) is 18.5 Å². The van der Waals surface area contributed by atoms with Gasteiger partial charge in [-0.25, -0.2) is 0 Å². The van der Waals surface area contributed by atoms with E-state index >= 15 is 0 Å². The lowest BCUT2D eigenvalue weighted by Crippen LogP contribution is -2.59. The number of likely N-dealkylation sites (tertiary alicyclic amines) is 1. The number of primary amides is 1. The van der Waals surface area contributed by atoms with E-state index in [-0.39, 0.29) is 18.0 Å². The first kappa shape index (κ1) is 18.6. The molecule has 2 heterocycles. The Morgan fingerprint density at radius 3 is 2.52 bits per heavy atom. The number of halogens is 1. The molecule has 2 saturated carbocycles. The molecular weight excluding hydrogens is 338 g/mol. The number of aromatic nitrogens is 1. The third-order valence-corrected chi connectivity index (χ3v) is 6.30. The molecule has 25 heavy (non-hydrogen) atoms. The van der Waals surface area contributed by atoms with E-state index in [4.69, 9.17) is 10.5 Å². The number of methoxy groups -OCH3 is 1. The Balaban J connectivity index is 0.00000182. The van der Waals surface area contributed by atoms with Crippen molar-refractivity contribution < 1.29 is 9.53 Å². The number of hydrogen-bond acceptors (Lipinski definition) is 4. The molecule has 3 fully saturated rings. The summed E-state index contributed by atoms with van der Waals surface area (Å²) in [4.78, 5) is 18.5. The highest BCUT2D eigenvalue weighted by Crippen LogP contribution is 2.51. The number of nitrogens with two attached hydrogens (primary N) is 1. The van der Waals surface area contributed by atoms with Crippen LogP contribution in [0, 0.1) is 17.8 Å². The summed E-state index contributed by atoms with van der Waals surface area (Å²) < 4.78 is 6.22. The van der Waals surface area contributed by atoms with Crippen LogP contribution in [0.1, 0.15) is 48.0 Å². The zero-order valence-electron chi connectivity index (χ0n) is 14.8. The smallest absolute Gasteiger partial charge is 0.250 e. The summed E-state index contributed by atoms with van der Waals surface area (Å²) in [6.45, 7) is 3.41. The summed E-state index contributed by atoms with van der Waals surface area (Å²) in [7, 11) is 1.82. The van der Waals surface area contributed by atoms with Crippen molar-refractivity contribution in [2.75, 3.05) is 26.7 Å². The Bertz CT molecular complexity index is 621. The summed E-state index contributed by atoms with van der Waals surface area (Å²) in [5, 5.41) is 0. The number of carbonyl (C=O) groups excluding carboxylic acids is 1. The fourth-order valence-electron chi connectivity index (χ4n) is 5.05. The van der Waals surface area contributed by atoms with E-state index in [0.29, 0.717) is 17.4 Å². The van der Waals surface area contributed by atoms with Crippen LogP contribution in [-0.2, 0) is 10.3 Å². The van der Waals surface area contributed by atoms with E-state index in [0.717, 1.165) is 24.6 Å². The van der Waals surface area contributed by atoms with E-state index in [1.54, 1.807) is 6.20 Å². The minimum Gasteiger partial charge on any atom is -0.373 e. The standard InChI is InChI=1S/C19H27N3O2.ClH/c1-24-19(17-7-14(18(20)23)8-21-9-17)15-3-2-4-16(19)12-22(11-15)10-13-5-6-13;/h7-9,13,15-16H,2-6,10-12H2,1H3,(H2,20,23);1H. The molecule has 2 aliphatic carbocycles. The number of pyridine rings is 1. The lowest BCUT2D eigenvalue weighted by Gasteiger charge is -2.55. The van der Waals surface area contributed by atoms with Crippen molar-refractivity contribution >= 4 is 18.3 Å². The van der Waals surface area contributed by atoms with Gasteiger partial charge in [0.2, 0.25) is 5.91 Å². The van der Waals surface area contributed by atoms with Gasteiger partial charge in [0.25, 0.3) is 0 Å². The Morgan fingerprint density at radius 2 is 1.96 bits per heavy atom. The number of fused-ring (bicyclic) bond motifs is 2. The molecule has 1 aliphatic heterocycles. The number of hydrogen-bond donors (Lipinski definition) is 1. The maximum Gasteiger partial charge on any atom is 0.250 e. The fraction of sp³-hybridized carbons (Fsp3) is 0.684. The van der Waals surface area contributed by atoms with Crippen molar-refractivity contribution in [2.45, 2.75) is 37.7 Å². The molecule has 1 aromatic rings. The summed E-state index contributed by atoms with van der Waals surface area (Å²) in [6.07, 6.45) is 9.82. The van der Waals surface area contributed by atoms with Gasteiger partial charge in [0.05, 0.1) is 5.56 Å². The number of rotatable bonds is 5. The molecule has 5 nitrogen and oxygen atoms in total. The molecule has 2 unspecified atom stereocenters. The number of nitrogens with zero attached hydrogens (tertiary/aromatic N) is 2. The van der Waals surface area contributed by atoms with Crippen LogP contribution in [0.4, 0.5) is 0 Å². The molecule has 3 aliphatic rings. The van der Waals surface area contributed by atoms with Crippen LogP contribution in [-0.4, -0.2) is 42.5 Å². The van der Waals surface area contributed by atoms with Crippen molar-refractivity contribution in [1.82, 2.24) is 9.88 Å². The first-order chi connectivity index (χ1) is 11.6. The van der Waals surface area contributed by atoms with E-state index in [1.165, 1.54) is 38.6 Å². The van der Waals surface area contributed by atoms with Gasteiger partial charge in [-0.3, -0.25) is 9.78 Å². The molecule has 1 aromatic heterocycles. The van der Waals surface area contributed by atoms with Gasteiger partial charge in [0.15, 0.2) is 0 Å². The van der Waals surface area contributed by atoms with Gasteiger partial charge in [0, 0.05) is 56.5 Å². The highest BCUT2D eigenvalue weighted by atomic mass is 35.5. The van der Waals surface area contributed by atoms with Crippen molar-refractivity contribution in [1.29, 1.82) is 0 Å². The Labute approximate surface area is 155 Å². The fourth-order valence-corrected chi connectivity index (χ4v) is 5.05. The van der Waals surface area contributed by atoms with Gasteiger partial charge >= 0.3 is 0 Å². The molecular formula is C19H28ClN3O2. The highest BCUT2D eigenvalue weighted by Gasteiger charge is 2.53. The second-order valence-electron chi connectivity index (χ2n) is 7.81. The van der Waals surface area contributed by atoms with Gasteiger partial charge in [0.1, 0.15) is 5.60 Å². The van der Waals surface area contributed by atoms with Crippen molar-refractivity contribution in [3.05, 3.63) is 29.6 Å². The van der Waals surface area contributed by atoms with Crippen LogP contribution in [0.3, 0.4) is 0 Å². The predicted molar refractivity (Wildman–Crippen MR) is 98.7 cm³/mol. The summed E-state index contributed by atoms with van der Waals surface area (Å²) in [5.74, 6) is 1.41. The Morgan fingerprint density at radius 1 is 1.28 bits per heavy atom. The third-order valence-electron chi connectivity index (χ3n) is 6.30. The number of piperidine rings is 1. The Kier molecular flexibility index (Phi) is 5.37. The molecule has 1 amide bonds. The Hall–Kier alpha value is -1.17. The minimum absolute atomic E-state index is 0. The van der Waals surface area contributed by atoms with Gasteiger partial charge in [-0.2, -0.15) is 0 Å². The molecule has 0 aromatic carbocycles. The molecule has 2 atom stereocenters. The van der Waals surface area contributed by atoms with E-state index in [1.807, 2.05) is 19.4 Å². The normalized spacial score (nSPS) is 32.0. The second kappa shape index (κ2) is 7.22. The third kappa shape index (κ3) is 3.29. The molecule has 4 rings (SSSR count). The SMILES string of the molecule is COC1(c2cncc(C(N)=O)c2)C2CCCC1CN(CC1CC1)C2.Cl. The molecule has 138 valence electrons. The lowest BCUT2D eigenvalue weighted by atomic mass is 9.62. The molecule has 0 spiro atoms. The van der Waals surface area contributed by atoms with Gasteiger partial charge in [-0.05, 0) is 37.7 Å². The van der Waals surface area contributed by atoms with Crippen LogP contribution >= 0.6 is 12.4 Å². The monoisotopic (exact) mass is 365 g/mol. The number of carbonyl (C=O) groups is 1. The van der Waals surface area contributed by atoms with Crippen molar-refractivity contribution in [2.24, 2.45) is 23.5 Å². The minimum atomic E-state index is -0.424. The van der Waals surface area contributed by atoms with Crippen LogP contribution < -0.4 is 5.73 Å². The topological polar surface area (TPSA) is 68.5 Å². The largest absolute Gasteiger partial charge is 0.373 e. The van der Waals surface area contributed by atoms with Crippen LogP contribution in [0.25, 0.3) is 0 Å². The molecule has 0 radical (unpaired) electrons. The second-order valence-corrected chi connectivity index (χ2v) is 7.81. The lowest BCUT2D eigenvalue weighted by molar-refractivity contribution is -0.169. The van der Waals surface area contributed by atoms with Gasteiger partial charge in [-0.1, -0.05) is 6.42 Å². The van der Waals surface area contributed by atoms with Crippen LogP contribution in [0.2, 0.25) is 0 Å². The van der Waals surface area contributed by atoms with E-state index in [2.05, 4.69) is 9.88 Å².